The Morgan fingerprint density at radius 1 is 1.22 bits per heavy atom. The van der Waals surface area contributed by atoms with Gasteiger partial charge in [-0.1, -0.05) is 30.1 Å². The van der Waals surface area contributed by atoms with E-state index in [9.17, 15) is 0 Å². The van der Waals surface area contributed by atoms with Gasteiger partial charge >= 0.3 is 0 Å². The number of aromatic nitrogens is 2. The lowest BCUT2D eigenvalue weighted by Gasteiger charge is -2.11. The van der Waals surface area contributed by atoms with Crippen LogP contribution in [0.2, 0.25) is 10.0 Å². The van der Waals surface area contributed by atoms with Crippen LogP contribution in [0.1, 0.15) is 18.3 Å². The van der Waals surface area contributed by atoms with Gasteiger partial charge in [-0.2, -0.15) is 0 Å². The molecule has 0 amide bonds. The van der Waals surface area contributed by atoms with E-state index in [2.05, 4.69) is 9.97 Å². The number of nitrogens with zero attached hydrogens (tertiary/aromatic N) is 2. The van der Waals surface area contributed by atoms with Gasteiger partial charge in [-0.05, 0) is 25.1 Å². The van der Waals surface area contributed by atoms with Crippen molar-refractivity contribution < 1.29 is 0 Å². The molecule has 0 spiro atoms. The number of aryl methyl sites for hydroxylation is 1. The monoisotopic (exact) mass is 281 g/mol. The zero-order chi connectivity index (χ0) is 13.3. The highest BCUT2D eigenvalue weighted by Crippen LogP contribution is 2.32. The molecule has 1 aromatic heterocycles. The Kier molecular flexibility index (Phi) is 3.73. The molecule has 0 aliphatic carbocycles. The van der Waals surface area contributed by atoms with Gasteiger partial charge in [0.25, 0.3) is 0 Å². The maximum Gasteiger partial charge on any atom is 0.131 e. The van der Waals surface area contributed by atoms with E-state index < -0.39 is 0 Å². The van der Waals surface area contributed by atoms with Crippen molar-refractivity contribution in [2.75, 3.05) is 5.73 Å². The average molecular weight is 282 g/mol. The van der Waals surface area contributed by atoms with Gasteiger partial charge in [0.05, 0.1) is 10.7 Å². The van der Waals surface area contributed by atoms with Crippen LogP contribution in [0.5, 0.6) is 0 Å². The SMILES string of the molecule is CCc1nc(N)c(C)c(-c2ccc(Cl)cc2Cl)n1. The van der Waals surface area contributed by atoms with Gasteiger partial charge in [-0.3, -0.25) is 0 Å². The highest BCUT2D eigenvalue weighted by atomic mass is 35.5. The Morgan fingerprint density at radius 2 is 1.94 bits per heavy atom. The lowest BCUT2D eigenvalue weighted by atomic mass is 10.1. The summed E-state index contributed by atoms with van der Waals surface area (Å²) in [5.41, 5.74) is 8.31. The molecule has 0 saturated carbocycles. The summed E-state index contributed by atoms with van der Waals surface area (Å²) in [7, 11) is 0. The van der Waals surface area contributed by atoms with Crippen molar-refractivity contribution in [3.63, 3.8) is 0 Å². The van der Waals surface area contributed by atoms with E-state index in [0.29, 0.717) is 21.7 Å². The maximum absolute atomic E-state index is 6.20. The minimum atomic E-state index is 0.489. The average Bonchev–Trinajstić information content (AvgIpc) is 2.33. The molecule has 3 nitrogen and oxygen atoms in total. The molecule has 0 saturated heterocycles. The number of hydrogen-bond donors (Lipinski definition) is 1. The van der Waals surface area contributed by atoms with Crippen molar-refractivity contribution in [1.82, 2.24) is 9.97 Å². The fourth-order valence-corrected chi connectivity index (χ4v) is 2.18. The van der Waals surface area contributed by atoms with Crippen molar-refractivity contribution >= 4 is 29.0 Å². The van der Waals surface area contributed by atoms with Crippen molar-refractivity contribution in [3.05, 3.63) is 39.6 Å². The highest BCUT2D eigenvalue weighted by Gasteiger charge is 2.13. The second-order valence-electron chi connectivity index (χ2n) is 3.98. The minimum Gasteiger partial charge on any atom is -0.383 e. The van der Waals surface area contributed by atoms with Gasteiger partial charge in [-0.25, -0.2) is 9.97 Å². The summed E-state index contributed by atoms with van der Waals surface area (Å²) >= 11 is 12.1. The molecule has 0 radical (unpaired) electrons. The summed E-state index contributed by atoms with van der Waals surface area (Å²) in [6, 6.07) is 5.33. The van der Waals surface area contributed by atoms with Gasteiger partial charge in [0, 0.05) is 22.6 Å². The predicted molar refractivity (Wildman–Crippen MR) is 76.0 cm³/mol. The van der Waals surface area contributed by atoms with Crippen LogP contribution in [-0.4, -0.2) is 9.97 Å². The van der Waals surface area contributed by atoms with Crippen LogP contribution >= 0.6 is 23.2 Å². The summed E-state index contributed by atoms with van der Waals surface area (Å²) in [6.07, 6.45) is 0.725. The number of hydrogen-bond acceptors (Lipinski definition) is 3. The van der Waals surface area contributed by atoms with Gasteiger partial charge in [0.15, 0.2) is 0 Å². The number of nitrogens with two attached hydrogens (primary N) is 1. The summed E-state index contributed by atoms with van der Waals surface area (Å²) in [5.74, 6) is 1.20. The number of rotatable bonds is 2. The first-order chi connectivity index (χ1) is 8.52. The molecule has 1 heterocycles. The molecule has 94 valence electrons. The molecule has 2 N–H and O–H groups in total. The molecular formula is C13H13Cl2N3. The lowest BCUT2D eigenvalue weighted by molar-refractivity contribution is 0.940. The second-order valence-corrected chi connectivity index (χ2v) is 4.82. The van der Waals surface area contributed by atoms with Crippen molar-refractivity contribution in [2.45, 2.75) is 20.3 Å². The molecule has 0 atom stereocenters. The molecular weight excluding hydrogens is 269 g/mol. The Hall–Kier alpha value is -1.32. The molecule has 0 fully saturated rings. The smallest absolute Gasteiger partial charge is 0.131 e. The van der Waals surface area contributed by atoms with Crippen LogP contribution in [0, 0.1) is 6.92 Å². The largest absolute Gasteiger partial charge is 0.383 e. The third kappa shape index (κ3) is 2.42. The second kappa shape index (κ2) is 5.12. The van der Waals surface area contributed by atoms with Gasteiger partial charge in [0.2, 0.25) is 0 Å². The molecule has 0 bridgehead atoms. The Labute approximate surface area is 116 Å². The highest BCUT2D eigenvalue weighted by molar-refractivity contribution is 6.36. The van der Waals surface area contributed by atoms with E-state index in [4.69, 9.17) is 28.9 Å². The van der Waals surface area contributed by atoms with E-state index in [0.717, 1.165) is 23.2 Å². The van der Waals surface area contributed by atoms with Crippen LogP contribution < -0.4 is 5.73 Å². The van der Waals surface area contributed by atoms with E-state index >= 15 is 0 Å². The molecule has 5 heteroatoms. The molecule has 0 aliphatic rings. The first-order valence-corrected chi connectivity index (χ1v) is 6.37. The van der Waals surface area contributed by atoms with E-state index in [1.165, 1.54) is 0 Å². The summed E-state index contributed by atoms with van der Waals surface area (Å²) < 4.78 is 0. The summed E-state index contributed by atoms with van der Waals surface area (Å²) in [4.78, 5) is 8.72. The number of benzene rings is 1. The third-order valence-electron chi connectivity index (χ3n) is 2.73. The van der Waals surface area contributed by atoms with Gasteiger partial charge in [0.1, 0.15) is 11.6 Å². The topological polar surface area (TPSA) is 51.8 Å². The summed E-state index contributed by atoms with van der Waals surface area (Å²) in [6.45, 7) is 3.87. The third-order valence-corrected chi connectivity index (χ3v) is 3.28. The van der Waals surface area contributed by atoms with E-state index in [1.54, 1.807) is 12.1 Å². The Morgan fingerprint density at radius 3 is 2.56 bits per heavy atom. The van der Waals surface area contributed by atoms with Crippen LogP contribution in [0.15, 0.2) is 18.2 Å². The normalized spacial score (nSPS) is 10.7. The lowest BCUT2D eigenvalue weighted by Crippen LogP contribution is -2.04. The number of anilines is 1. The molecule has 0 unspecified atom stereocenters. The van der Waals surface area contributed by atoms with Crippen molar-refractivity contribution in [3.8, 4) is 11.3 Å². The Bertz CT molecular complexity index is 597. The van der Waals surface area contributed by atoms with Crippen LogP contribution in [0.25, 0.3) is 11.3 Å². The number of halogens is 2. The van der Waals surface area contributed by atoms with Gasteiger partial charge < -0.3 is 5.73 Å². The quantitative estimate of drug-likeness (QED) is 0.908. The van der Waals surface area contributed by atoms with Crippen molar-refractivity contribution in [1.29, 1.82) is 0 Å². The fourth-order valence-electron chi connectivity index (χ4n) is 1.68. The minimum absolute atomic E-state index is 0.489. The Balaban J connectivity index is 2.66. The standard InChI is InChI=1S/C13H13Cl2N3/c1-3-11-17-12(7(2)13(16)18-11)9-5-4-8(14)6-10(9)15/h4-6H,3H2,1-2H3,(H2,16,17,18). The van der Waals surface area contributed by atoms with Crippen LogP contribution in [-0.2, 0) is 6.42 Å². The fraction of sp³-hybridized carbons (Fsp3) is 0.231. The predicted octanol–water partition coefficient (Wildman–Crippen LogP) is 3.90. The van der Waals surface area contributed by atoms with E-state index in [1.807, 2.05) is 19.9 Å². The van der Waals surface area contributed by atoms with Crippen LogP contribution in [0.3, 0.4) is 0 Å². The van der Waals surface area contributed by atoms with E-state index in [-0.39, 0.29) is 0 Å². The van der Waals surface area contributed by atoms with Crippen LogP contribution in [0.4, 0.5) is 5.82 Å². The van der Waals surface area contributed by atoms with Crippen molar-refractivity contribution in [2.24, 2.45) is 0 Å². The zero-order valence-electron chi connectivity index (χ0n) is 10.2. The number of nitrogen functional groups attached to an aromatic ring is 1. The molecule has 1 aromatic carbocycles. The summed E-state index contributed by atoms with van der Waals surface area (Å²) in [5, 5.41) is 1.16. The maximum atomic E-state index is 6.20. The molecule has 2 aromatic rings. The molecule has 0 aliphatic heterocycles. The first kappa shape index (κ1) is 13.1. The zero-order valence-corrected chi connectivity index (χ0v) is 11.7. The molecule has 2 rings (SSSR count). The van der Waals surface area contributed by atoms with Gasteiger partial charge in [-0.15, -0.1) is 0 Å². The first-order valence-electron chi connectivity index (χ1n) is 5.61. The molecule has 18 heavy (non-hydrogen) atoms.